The van der Waals surface area contributed by atoms with Crippen LogP contribution in [0.3, 0.4) is 0 Å². The fourth-order valence-corrected chi connectivity index (χ4v) is 1.63. The summed E-state index contributed by atoms with van der Waals surface area (Å²) in [5, 5.41) is 12.0. The molecule has 1 aromatic carbocycles. The number of benzene rings is 1. The second-order valence-electron chi connectivity index (χ2n) is 4.02. The number of nitrogens with one attached hydrogen (secondary N) is 1. The van der Waals surface area contributed by atoms with E-state index >= 15 is 0 Å². The van der Waals surface area contributed by atoms with Crippen molar-refractivity contribution in [2.75, 3.05) is 0 Å². The van der Waals surface area contributed by atoms with Gasteiger partial charge >= 0.3 is 0 Å². The third-order valence-electron chi connectivity index (χ3n) is 2.68. The lowest BCUT2D eigenvalue weighted by molar-refractivity contribution is 0.0940. The number of aromatic nitrogens is 1. The van der Waals surface area contributed by atoms with Gasteiger partial charge in [-0.05, 0) is 48.9 Å². The predicted molar refractivity (Wildman–Crippen MR) is 68.2 cm³/mol. The molecule has 1 amide bonds. The van der Waals surface area contributed by atoms with Crippen LogP contribution in [0.25, 0.3) is 0 Å². The summed E-state index contributed by atoms with van der Waals surface area (Å²) in [4.78, 5) is 15.9. The molecule has 0 radical (unpaired) electrons. The number of phenols is 1. The molecular weight excluding hydrogens is 228 g/mol. The number of nitrogens with zero attached hydrogens (tertiary/aromatic N) is 1. The summed E-state index contributed by atoms with van der Waals surface area (Å²) in [6.45, 7) is 1.91. The molecule has 1 atom stereocenters. The molecule has 0 fully saturated rings. The van der Waals surface area contributed by atoms with Crippen LogP contribution in [-0.2, 0) is 0 Å². The summed E-state index contributed by atoms with van der Waals surface area (Å²) in [6, 6.07) is 9.80. The van der Waals surface area contributed by atoms with Crippen molar-refractivity contribution in [2.24, 2.45) is 0 Å². The fraction of sp³-hybridized carbons (Fsp3) is 0.143. The highest BCUT2D eigenvalue weighted by atomic mass is 16.3. The standard InChI is InChI=1S/C14H14N2O2/c1-10(11-6-8-15-9-7-11)16-14(18)12-2-4-13(17)5-3-12/h2-10,17H,1H3,(H,16,18). The number of rotatable bonds is 3. The van der Waals surface area contributed by atoms with E-state index in [1.54, 1.807) is 24.5 Å². The first kappa shape index (κ1) is 12.1. The first-order valence-electron chi connectivity index (χ1n) is 5.66. The largest absolute Gasteiger partial charge is 0.508 e. The topological polar surface area (TPSA) is 62.2 Å². The minimum Gasteiger partial charge on any atom is -0.508 e. The summed E-state index contributed by atoms with van der Waals surface area (Å²) in [7, 11) is 0. The normalized spacial score (nSPS) is 11.8. The van der Waals surface area contributed by atoms with Gasteiger partial charge in [0.25, 0.3) is 5.91 Å². The number of amides is 1. The Labute approximate surface area is 105 Å². The van der Waals surface area contributed by atoms with Crippen molar-refractivity contribution in [3.8, 4) is 5.75 Å². The molecule has 2 N–H and O–H groups in total. The molecule has 92 valence electrons. The lowest BCUT2D eigenvalue weighted by Gasteiger charge is -2.14. The average Bonchev–Trinajstić information content (AvgIpc) is 2.40. The van der Waals surface area contributed by atoms with Gasteiger partial charge in [-0.25, -0.2) is 0 Å². The Kier molecular flexibility index (Phi) is 3.57. The molecule has 4 nitrogen and oxygen atoms in total. The fourth-order valence-electron chi connectivity index (χ4n) is 1.63. The summed E-state index contributed by atoms with van der Waals surface area (Å²) in [6.07, 6.45) is 3.39. The van der Waals surface area contributed by atoms with Gasteiger partial charge in [-0.3, -0.25) is 9.78 Å². The van der Waals surface area contributed by atoms with E-state index in [9.17, 15) is 4.79 Å². The van der Waals surface area contributed by atoms with Crippen molar-refractivity contribution in [3.63, 3.8) is 0 Å². The third-order valence-corrected chi connectivity index (χ3v) is 2.68. The van der Waals surface area contributed by atoms with Crippen LogP contribution in [-0.4, -0.2) is 16.0 Å². The van der Waals surface area contributed by atoms with Gasteiger partial charge in [0.15, 0.2) is 0 Å². The van der Waals surface area contributed by atoms with Crippen LogP contribution in [0.15, 0.2) is 48.8 Å². The first-order valence-corrected chi connectivity index (χ1v) is 5.66. The zero-order valence-corrected chi connectivity index (χ0v) is 10.00. The van der Waals surface area contributed by atoms with Gasteiger partial charge in [0.2, 0.25) is 0 Å². The maximum atomic E-state index is 11.9. The Bertz CT molecular complexity index is 523. The van der Waals surface area contributed by atoms with Crippen molar-refractivity contribution in [3.05, 3.63) is 59.9 Å². The number of aromatic hydroxyl groups is 1. The van der Waals surface area contributed by atoms with Crippen LogP contribution in [0.2, 0.25) is 0 Å². The summed E-state index contributed by atoms with van der Waals surface area (Å²) >= 11 is 0. The van der Waals surface area contributed by atoms with Gasteiger partial charge in [0, 0.05) is 18.0 Å². The Hall–Kier alpha value is -2.36. The van der Waals surface area contributed by atoms with Crippen molar-refractivity contribution in [1.29, 1.82) is 0 Å². The average molecular weight is 242 g/mol. The van der Waals surface area contributed by atoms with Crippen LogP contribution >= 0.6 is 0 Å². The van der Waals surface area contributed by atoms with E-state index in [2.05, 4.69) is 10.3 Å². The van der Waals surface area contributed by atoms with Gasteiger partial charge in [-0.15, -0.1) is 0 Å². The lowest BCUT2D eigenvalue weighted by Crippen LogP contribution is -2.26. The highest BCUT2D eigenvalue weighted by molar-refractivity contribution is 5.94. The molecule has 0 saturated heterocycles. The number of pyridine rings is 1. The van der Waals surface area contributed by atoms with E-state index in [0.717, 1.165) is 5.56 Å². The molecule has 4 heteroatoms. The van der Waals surface area contributed by atoms with E-state index in [0.29, 0.717) is 5.56 Å². The van der Waals surface area contributed by atoms with Crippen molar-refractivity contribution in [2.45, 2.75) is 13.0 Å². The zero-order chi connectivity index (χ0) is 13.0. The maximum Gasteiger partial charge on any atom is 0.251 e. The second-order valence-corrected chi connectivity index (χ2v) is 4.02. The van der Waals surface area contributed by atoms with Crippen molar-refractivity contribution >= 4 is 5.91 Å². The summed E-state index contributed by atoms with van der Waals surface area (Å²) in [5.41, 5.74) is 1.52. The Balaban J connectivity index is 2.06. The second kappa shape index (κ2) is 5.31. The molecule has 18 heavy (non-hydrogen) atoms. The molecule has 0 spiro atoms. The van der Waals surface area contributed by atoms with Crippen LogP contribution < -0.4 is 5.32 Å². The monoisotopic (exact) mass is 242 g/mol. The zero-order valence-electron chi connectivity index (χ0n) is 10.00. The van der Waals surface area contributed by atoms with E-state index in [4.69, 9.17) is 5.11 Å². The summed E-state index contributed by atoms with van der Waals surface area (Å²) < 4.78 is 0. The molecular formula is C14H14N2O2. The SMILES string of the molecule is CC(NC(=O)c1ccc(O)cc1)c1ccncc1. The van der Waals surface area contributed by atoms with Gasteiger partial charge < -0.3 is 10.4 Å². The molecule has 2 aromatic rings. The van der Waals surface area contributed by atoms with E-state index in [1.807, 2.05) is 19.1 Å². The van der Waals surface area contributed by atoms with Gasteiger partial charge in [-0.1, -0.05) is 0 Å². The van der Waals surface area contributed by atoms with E-state index < -0.39 is 0 Å². The molecule has 0 aliphatic carbocycles. The maximum absolute atomic E-state index is 11.9. The smallest absolute Gasteiger partial charge is 0.251 e. The Morgan fingerprint density at radius 3 is 2.39 bits per heavy atom. The van der Waals surface area contributed by atoms with E-state index in [1.165, 1.54) is 12.1 Å². The number of phenolic OH excluding ortho intramolecular Hbond substituents is 1. The molecule has 0 saturated carbocycles. The van der Waals surface area contributed by atoms with Gasteiger partial charge in [0.1, 0.15) is 5.75 Å². The molecule has 2 rings (SSSR count). The predicted octanol–water partition coefficient (Wildman–Crippen LogP) is 2.28. The molecule has 1 aromatic heterocycles. The minimum absolute atomic E-state index is 0.0886. The first-order chi connectivity index (χ1) is 8.66. The van der Waals surface area contributed by atoms with Crippen LogP contribution in [0.4, 0.5) is 0 Å². The number of carbonyl (C=O) groups excluding carboxylic acids is 1. The number of hydrogen-bond donors (Lipinski definition) is 2. The molecule has 0 aliphatic heterocycles. The van der Waals surface area contributed by atoms with Crippen LogP contribution in [0.1, 0.15) is 28.9 Å². The number of hydrogen-bond acceptors (Lipinski definition) is 3. The Morgan fingerprint density at radius 2 is 1.78 bits per heavy atom. The van der Waals surface area contributed by atoms with Crippen LogP contribution in [0.5, 0.6) is 5.75 Å². The lowest BCUT2D eigenvalue weighted by atomic mass is 10.1. The summed E-state index contributed by atoms with van der Waals surface area (Å²) in [5.74, 6) is -0.0203. The van der Waals surface area contributed by atoms with Crippen molar-refractivity contribution < 1.29 is 9.90 Å². The molecule has 0 bridgehead atoms. The van der Waals surface area contributed by atoms with Gasteiger partial charge in [0.05, 0.1) is 6.04 Å². The molecule has 0 aliphatic rings. The van der Waals surface area contributed by atoms with Gasteiger partial charge in [-0.2, -0.15) is 0 Å². The quantitative estimate of drug-likeness (QED) is 0.868. The molecule has 1 unspecified atom stereocenters. The molecule has 1 heterocycles. The highest BCUT2D eigenvalue weighted by Crippen LogP contribution is 2.13. The van der Waals surface area contributed by atoms with Crippen LogP contribution in [0, 0.1) is 0 Å². The minimum atomic E-state index is -0.167. The van der Waals surface area contributed by atoms with Crippen molar-refractivity contribution in [1.82, 2.24) is 10.3 Å². The number of carbonyl (C=O) groups is 1. The Morgan fingerprint density at radius 1 is 1.17 bits per heavy atom. The van der Waals surface area contributed by atoms with E-state index in [-0.39, 0.29) is 17.7 Å². The highest BCUT2D eigenvalue weighted by Gasteiger charge is 2.10. The third kappa shape index (κ3) is 2.85.